The van der Waals surface area contributed by atoms with Gasteiger partial charge < -0.3 is 10.1 Å². The Morgan fingerprint density at radius 1 is 1.10 bits per heavy atom. The van der Waals surface area contributed by atoms with Gasteiger partial charge in [-0.3, -0.25) is 0 Å². The lowest BCUT2D eigenvalue weighted by molar-refractivity contribution is -0.0865. The monoisotopic (exact) mass is 365 g/mol. The van der Waals surface area contributed by atoms with Crippen LogP contribution in [0.3, 0.4) is 0 Å². The minimum atomic E-state index is 0.0594. The summed E-state index contributed by atoms with van der Waals surface area (Å²) < 4.78 is 6.11. The Morgan fingerprint density at radius 3 is 2.57 bits per heavy atom. The van der Waals surface area contributed by atoms with Crippen molar-refractivity contribution in [3.63, 3.8) is 0 Å². The summed E-state index contributed by atoms with van der Waals surface area (Å²) in [5.74, 6) is 2.39. The summed E-state index contributed by atoms with van der Waals surface area (Å²) in [6, 6.07) is 3.88. The minimum Gasteiger partial charge on any atom is -0.381 e. The molecule has 2 saturated heterocycles. The van der Waals surface area contributed by atoms with Gasteiger partial charge in [0.2, 0.25) is 0 Å². The molecule has 21 heavy (non-hydrogen) atoms. The van der Waals surface area contributed by atoms with E-state index in [4.69, 9.17) is 39.5 Å². The van der Waals surface area contributed by atoms with E-state index in [0.717, 1.165) is 38.0 Å². The largest absolute Gasteiger partial charge is 0.381 e. The standard InChI is InChI=1S/C15H18Cl3NOS/c16-11-7-13(18)14(8-12(11)17)19-10-1-4-20-15(9-10)2-5-21-6-3-15/h7-8,10,19H,1-6,9H2. The van der Waals surface area contributed by atoms with Gasteiger partial charge in [0.05, 0.1) is 26.4 Å². The maximum atomic E-state index is 6.26. The number of halogens is 3. The Balaban J connectivity index is 1.71. The third kappa shape index (κ3) is 3.76. The van der Waals surface area contributed by atoms with E-state index in [-0.39, 0.29) is 5.60 Å². The highest BCUT2D eigenvalue weighted by molar-refractivity contribution is 7.99. The Bertz CT molecular complexity index is 514. The molecule has 0 radical (unpaired) electrons. The number of ether oxygens (including phenoxy) is 1. The second-order valence-corrected chi connectivity index (χ2v) is 8.17. The first kappa shape index (κ1) is 16.1. The van der Waals surface area contributed by atoms with Gasteiger partial charge in [-0.2, -0.15) is 11.8 Å². The Kier molecular flexibility index (Phi) is 5.17. The molecule has 3 rings (SSSR count). The van der Waals surface area contributed by atoms with Gasteiger partial charge >= 0.3 is 0 Å². The van der Waals surface area contributed by atoms with Gasteiger partial charge in [0.1, 0.15) is 0 Å². The van der Waals surface area contributed by atoms with E-state index in [1.54, 1.807) is 6.07 Å². The molecule has 2 aliphatic rings. The van der Waals surface area contributed by atoms with Crippen molar-refractivity contribution in [2.75, 3.05) is 23.4 Å². The summed E-state index contributed by atoms with van der Waals surface area (Å²) in [6.07, 6.45) is 4.31. The van der Waals surface area contributed by atoms with Crippen LogP contribution in [-0.2, 0) is 4.74 Å². The predicted molar refractivity (Wildman–Crippen MR) is 93.4 cm³/mol. The third-order valence-electron chi connectivity index (χ3n) is 4.27. The van der Waals surface area contributed by atoms with Crippen LogP contribution in [0.25, 0.3) is 0 Å². The van der Waals surface area contributed by atoms with Gasteiger partial charge in [0.15, 0.2) is 0 Å². The Hall–Kier alpha value is 0.200. The normalized spacial score (nSPS) is 25.0. The molecule has 6 heteroatoms. The molecule has 1 atom stereocenters. The summed E-state index contributed by atoms with van der Waals surface area (Å²) in [5.41, 5.74) is 0.919. The average molecular weight is 367 g/mol. The first-order valence-electron chi connectivity index (χ1n) is 7.21. The Morgan fingerprint density at radius 2 is 1.81 bits per heavy atom. The number of thioether (sulfide) groups is 1. The van der Waals surface area contributed by atoms with Crippen molar-refractivity contribution in [3.05, 3.63) is 27.2 Å². The van der Waals surface area contributed by atoms with E-state index < -0.39 is 0 Å². The van der Waals surface area contributed by atoms with Gasteiger partial charge in [-0.15, -0.1) is 0 Å². The van der Waals surface area contributed by atoms with E-state index in [9.17, 15) is 0 Å². The molecule has 0 bridgehead atoms. The molecule has 0 aromatic heterocycles. The van der Waals surface area contributed by atoms with Gasteiger partial charge in [0.25, 0.3) is 0 Å². The van der Waals surface area contributed by atoms with E-state index >= 15 is 0 Å². The lowest BCUT2D eigenvalue weighted by Gasteiger charge is -2.43. The summed E-state index contributed by atoms with van der Waals surface area (Å²) in [7, 11) is 0. The van der Waals surface area contributed by atoms with Crippen molar-refractivity contribution in [1.29, 1.82) is 0 Å². The van der Waals surface area contributed by atoms with Crippen molar-refractivity contribution < 1.29 is 4.74 Å². The van der Waals surface area contributed by atoms with Crippen LogP contribution in [0, 0.1) is 0 Å². The second kappa shape index (κ2) is 6.76. The van der Waals surface area contributed by atoms with Crippen molar-refractivity contribution >= 4 is 52.3 Å². The van der Waals surface area contributed by atoms with Crippen LogP contribution < -0.4 is 5.32 Å². The first-order valence-corrected chi connectivity index (χ1v) is 9.50. The summed E-state index contributed by atoms with van der Waals surface area (Å²) in [6.45, 7) is 0.807. The average Bonchev–Trinajstić information content (AvgIpc) is 2.46. The summed E-state index contributed by atoms with van der Waals surface area (Å²) in [5, 5.41) is 5.16. The molecule has 0 amide bonds. The molecule has 2 aliphatic heterocycles. The minimum absolute atomic E-state index is 0.0594. The van der Waals surface area contributed by atoms with E-state index in [1.807, 2.05) is 17.8 Å². The maximum absolute atomic E-state index is 6.26. The quantitative estimate of drug-likeness (QED) is 0.698. The molecular weight excluding hydrogens is 349 g/mol. The lowest BCUT2D eigenvalue weighted by Crippen LogP contribution is -2.46. The zero-order valence-corrected chi connectivity index (χ0v) is 14.7. The Labute approximate surface area is 144 Å². The molecule has 2 fully saturated rings. The van der Waals surface area contributed by atoms with E-state index in [1.165, 1.54) is 11.5 Å². The van der Waals surface area contributed by atoms with Crippen LogP contribution in [0.15, 0.2) is 12.1 Å². The summed E-state index contributed by atoms with van der Waals surface area (Å²) in [4.78, 5) is 0. The highest BCUT2D eigenvalue weighted by atomic mass is 35.5. The molecule has 0 saturated carbocycles. The molecule has 1 N–H and O–H groups in total. The zero-order chi connectivity index (χ0) is 14.9. The molecular formula is C15H18Cl3NOS. The summed E-state index contributed by atoms with van der Waals surface area (Å²) >= 11 is 20.3. The van der Waals surface area contributed by atoms with Crippen molar-refractivity contribution in [2.45, 2.75) is 37.3 Å². The van der Waals surface area contributed by atoms with Crippen LogP contribution in [0.2, 0.25) is 15.1 Å². The van der Waals surface area contributed by atoms with Crippen molar-refractivity contribution in [3.8, 4) is 0 Å². The van der Waals surface area contributed by atoms with Gasteiger partial charge in [-0.25, -0.2) is 0 Å². The number of hydrogen-bond donors (Lipinski definition) is 1. The fourth-order valence-corrected chi connectivity index (χ4v) is 4.93. The predicted octanol–water partition coefficient (Wildman–Crippen LogP) is 5.50. The molecule has 1 spiro atoms. The molecule has 1 unspecified atom stereocenters. The molecule has 1 aromatic carbocycles. The van der Waals surface area contributed by atoms with Gasteiger partial charge in [-0.1, -0.05) is 34.8 Å². The van der Waals surface area contributed by atoms with Gasteiger partial charge in [0, 0.05) is 12.6 Å². The van der Waals surface area contributed by atoms with E-state index in [0.29, 0.717) is 21.1 Å². The number of anilines is 1. The molecule has 116 valence electrons. The van der Waals surface area contributed by atoms with Crippen LogP contribution in [0.5, 0.6) is 0 Å². The van der Waals surface area contributed by atoms with Gasteiger partial charge in [-0.05, 0) is 49.3 Å². The van der Waals surface area contributed by atoms with Crippen LogP contribution in [0.1, 0.15) is 25.7 Å². The molecule has 2 heterocycles. The fraction of sp³-hybridized carbons (Fsp3) is 0.600. The zero-order valence-electron chi connectivity index (χ0n) is 11.6. The highest BCUT2D eigenvalue weighted by Gasteiger charge is 2.38. The number of rotatable bonds is 2. The molecule has 2 nitrogen and oxygen atoms in total. The topological polar surface area (TPSA) is 21.3 Å². The van der Waals surface area contributed by atoms with Crippen LogP contribution in [0.4, 0.5) is 5.69 Å². The molecule has 0 aliphatic carbocycles. The smallest absolute Gasteiger partial charge is 0.0717 e. The fourth-order valence-electron chi connectivity index (χ4n) is 3.10. The third-order valence-corrected chi connectivity index (χ3v) is 6.29. The lowest BCUT2D eigenvalue weighted by atomic mass is 9.85. The van der Waals surface area contributed by atoms with Crippen LogP contribution in [-0.4, -0.2) is 29.8 Å². The van der Waals surface area contributed by atoms with Crippen molar-refractivity contribution in [2.24, 2.45) is 0 Å². The maximum Gasteiger partial charge on any atom is 0.0717 e. The highest BCUT2D eigenvalue weighted by Crippen LogP contribution is 2.39. The van der Waals surface area contributed by atoms with E-state index in [2.05, 4.69) is 5.32 Å². The van der Waals surface area contributed by atoms with Crippen LogP contribution >= 0.6 is 46.6 Å². The number of hydrogen-bond acceptors (Lipinski definition) is 3. The number of nitrogens with one attached hydrogen (secondary N) is 1. The second-order valence-electron chi connectivity index (χ2n) is 5.72. The number of benzene rings is 1. The van der Waals surface area contributed by atoms with Crippen molar-refractivity contribution in [1.82, 2.24) is 0 Å². The SMILES string of the molecule is Clc1cc(Cl)c(NC2CCOC3(CCSCC3)C2)cc1Cl. The first-order chi connectivity index (χ1) is 10.1. The molecule has 1 aromatic rings.